The Bertz CT molecular complexity index is 1360. The summed E-state index contributed by atoms with van der Waals surface area (Å²) in [5, 5.41) is 19.8. The van der Waals surface area contributed by atoms with E-state index in [1.165, 1.54) is 5.69 Å². The molecule has 1 aromatic carbocycles. The molecule has 9 heteroatoms. The molecule has 2 aliphatic heterocycles. The molecular formula is C26H31N8O+. The topological polar surface area (TPSA) is 86.2 Å². The zero-order valence-electron chi connectivity index (χ0n) is 20.2. The minimum atomic E-state index is -0.841. The summed E-state index contributed by atoms with van der Waals surface area (Å²) in [4.78, 5) is 14.0. The summed E-state index contributed by atoms with van der Waals surface area (Å²) in [7, 11) is 2.17. The Morgan fingerprint density at radius 3 is 2.57 bits per heavy atom. The summed E-state index contributed by atoms with van der Waals surface area (Å²) in [6.07, 6.45) is 7.80. The van der Waals surface area contributed by atoms with Crippen molar-refractivity contribution in [1.29, 1.82) is 0 Å². The zero-order valence-corrected chi connectivity index (χ0v) is 20.2. The van der Waals surface area contributed by atoms with Gasteiger partial charge in [-0.15, -0.1) is 0 Å². The molecule has 0 spiro atoms. The number of nitrogens with one attached hydrogen (secondary N) is 1. The maximum Gasteiger partial charge on any atom is 0.270 e. The van der Waals surface area contributed by atoms with Crippen LogP contribution in [0.25, 0.3) is 16.7 Å². The Morgan fingerprint density at radius 2 is 1.80 bits per heavy atom. The fourth-order valence-corrected chi connectivity index (χ4v) is 5.05. The van der Waals surface area contributed by atoms with E-state index in [9.17, 15) is 5.11 Å². The minimum Gasteiger partial charge on any atom is -0.369 e. The van der Waals surface area contributed by atoms with Gasteiger partial charge in [0.05, 0.1) is 11.6 Å². The van der Waals surface area contributed by atoms with Crippen molar-refractivity contribution in [2.75, 3.05) is 43.4 Å². The number of fused-ring (bicyclic) bond motifs is 2. The third kappa shape index (κ3) is 4.00. The number of hydrogen-bond acceptors (Lipinski definition) is 7. The fraction of sp³-hybridized carbons (Fsp3) is 0.385. The van der Waals surface area contributed by atoms with Gasteiger partial charge in [-0.2, -0.15) is 14.6 Å². The summed E-state index contributed by atoms with van der Waals surface area (Å²) in [5.41, 5.74) is 4.04. The van der Waals surface area contributed by atoms with E-state index in [1.54, 1.807) is 17.1 Å². The summed E-state index contributed by atoms with van der Waals surface area (Å²) in [5.74, 6) is 0.519. The minimum absolute atomic E-state index is 0.519. The molecule has 6 rings (SSSR count). The van der Waals surface area contributed by atoms with Gasteiger partial charge in [-0.05, 0) is 37.4 Å². The number of likely N-dealkylation sites (N-methyl/N-ethyl adjacent to an activating group) is 1. The van der Waals surface area contributed by atoms with Crippen LogP contribution in [0.5, 0.6) is 0 Å². The second kappa shape index (κ2) is 8.58. The van der Waals surface area contributed by atoms with Crippen molar-refractivity contribution in [2.24, 2.45) is 0 Å². The van der Waals surface area contributed by atoms with Gasteiger partial charge >= 0.3 is 0 Å². The van der Waals surface area contributed by atoms with E-state index in [2.05, 4.69) is 62.6 Å². The van der Waals surface area contributed by atoms with Crippen molar-refractivity contribution in [1.82, 2.24) is 24.6 Å². The Kier molecular flexibility index (Phi) is 5.38. The number of rotatable bonds is 5. The van der Waals surface area contributed by atoms with Gasteiger partial charge in [0.15, 0.2) is 17.5 Å². The molecule has 1 fully saturated rings. The number of aliphatic hydroxyl groups is 1. The Morgan fingerprint density at radius 1 is 1.03 bits per heavy atom. The predicted molar refractivity (Wildman–Crippen MR) is 135 cm³/mol. The van der Waals surface area contributed by atoms with Crippen molar-refractivity contribution in [2.45, 2.75) is 31.9 Å². The molecule has 1 saturated heterocycles. The van der Waals surface area contributed by atoms with Gasteiger partial charge in [0, 0.05) is 69.1 Å². The van der Waals surface area contributed by atoms with Crippen LogP contribution in [0, 0.1) is 0 Å². The van der Waals surface area contributed by atoms with Gasteiger partial charge in [-0.25, -0.2) is 9.67 Å². The molecular weight excluding hydrogens is 440 g/mol. The molecule has 2 N–H and O–H groups in total. The van der Waals surface area contributed by atoms with E-state index in [1.807, 2.05) is 23.8 Å². The molecule has 3 aromatic heterocycles. The summed E-state index contributed by atoms with van der Waals surface area (Å²) >= 11 is 0. The lowest BCUT2D eigenvalue weighted by Gasteiger charge is -2.34. The molecule has 4 aromatic rings. The molecule has 0 aliphatic carbocycles. The highest BCUT2D eigenvalue weighted by Gasteiger charge is 2.43. The molecule has 5 heterocycles. The molecule has 9 nitrogen and oxygen atoms in total. The zero-order chi connectivity index (χ0) is 24.0. The first-order valence-corrected chi connectivity index (χ1v) is 12.3. The van der Waals surface area contributed by atoms with Crippen LogP contribution in [-0.2, 0) is 12.1 Å². The standard InChI is InChI=1S/C26H31N8O/c1-3-26(35)11-10-22-8-9-23(18-33(22)26)34-24-19(17-28-34)16-27-25(30-24)29-20-4-6-21(7-5-20)32-14-12-31(2)13-15-32/h4-9,16-18,35H,3,10-15H2,1-2H3,(H,27,29,30)/q+1. The van der Waals surface area contributed by atoms with E-state index in [0.29, 0.717) is 12.4 Å². The van der Waals surface area contributed by atoms with Crippen LogP contribution in [0.2, 0.25) is 0 Å². The Labute approximate surface area is 204 Å². The number of hydrogen-bond donors (Lipinski definition) is 2. The molecule has 0 saturated carbocycles. The molecule has 2 aliphatic rings. The Balaban J connectivity index is 1.26. The molecule has 1 atom stereocenters. The van der Waals surface area contributed by atoms with E-state index < -0.39 is 5.72 Å². The van der Waals surface area contributed by atoms with Crippen LogP contribution >= 0.6 is 0 Å². The van der Waals surface area contributed by atoms with Crippen molar-refractivity contribution in [3.8, 4) is 5.69 Å². The average Bonchev–Trinajstić information content (AvgIpc) is 3.46. The van der Waals surface area contributed by atoms with E-state index in [-0.39, 0.29) is 0 Å². The largest absolute Gasteiger partial charge is 0.369 e. The maximum absolute atomic E-state index is 11.0. The Hall–Kier alpha value is -3.56. The van der Waals surface area contributed by atoms with Crippen LogP contribution in [0.4, 0.5) is 17.3 Å². The lowest BCUT2D eigenvalue weighted by Crippen LogP contribution is -2.53. The molecule has 0 bridgehead atoms. The van der Waals surface area contributed by atoms with Gasteiger partial charge in [0.25, 0.3) is 5.72 Å². The lowest BCUT2D eigenvalue weighted by atomic mass is 10.1. The molecule has 1 unspecified atom stereocenters. The van der Waals surface area contributed by atoms with Crippen LogP contribution in [0.15, 0.2) is 55.0 Å². The highest BCUT2D eigenvalue weighted by Crippen LogP contribution is 2.27. The van der Waals surface area contributed by atoms with Gasteiger partial charge < -0.3 is 20.2 Å². The van der Waals surface area contributed by atoms with Crippen LogP contribution in [-0.4, -0.2) is 63.0 Å². The number of benzene rings is 1. The highest BCUT2D eigenvalue weighted by molar-refractivity contribution is 5.77. The van der Waals surface area contributed by atoms with Crippen molar-refractivity contribution in [3.05, 3.63) is 60.7 Å². The van der Waals surface area contributed by atoms with Gasteiger partial charge in [-0.3, -0.25) is 0 Å². The van der Waals surface area contributed by atoms with E-state index in [0.717, 1.165) is 67.1 Å². The number of anilines is 3. The second-order valence-corrected chi connectivity index (χ2v) is 9.58. The summed E-state index contributed by atoms with van der Waals surface area (Å²) in [6.45, 7) is 6.28. The van der Waals surface area contributed by atoms with Gasteiger partial charge in [0.1, 0.15) is 5.69 Å². The molecule has 180 valence electrons. The summed E-state index contributed by atoms with van der Waals surface area (Å²) < 4.78 is 3.79. The quantitative estimate of drug-likeness (QED) is 0.433. The van der Waals surface area contributed by atoms with Crippen LogP contribution < -0.4 is 14.8 Å². The van der Waals surface area contributed by atoms with Crippen molar-refractivity contribution in [3.63, 3.8) is 0 Å². The second-order valence-electron chi connectivity index (χ2n) is 9.58. The number of pyridine rings is 1. The third-order valence-electron chi connectivity index (χ3n) is 7.36. The highest BCUT2D eigenvalue weighted by atomic mass is 16.3. The van der Waals surface area contributed by atoms with Crippen LogP contribution in [0.1, 0.15) is 25.5 Å². The van der Waals surface area contributed by atoms with Crippen molar-refractivity contribution >= 4 is 28.4 Å². The first-order chi connectivity index (χ1) is 17.0. The van der Waals surface area contributed by atoms with Gasteiger partial charge in [0.2, 0.25) is 5.95 Å². The normalized spacial score (nSPS) is 20.4. The summed E-state index contributed by atoms with van der Waals surface area (Å²) in [6, 6.07) is 12.5. The maximum atomic E-state index is 11.0. The average molecular weight is 472 g/mol. The molecule has 35 heavy (non-hydrogen) atoms. The first-order valence-electron chi connectivity index (χ1n) is 12.3. The SMILES string of the molecule is CCC1(O)CCc2ccc(-n3ncc4cnc(Nc5ccc(N6CCN(C)CC6)cc5)nc43)c[n+]21. The van der Waals surface area contributed by atoms with Gasteiger partial charge in [-0.1, -0.05) is 6.92 Å². The van der Waals surface area contributed by atoms with E-state index in [4.69, 9.17) is 4.98 Å². The monoisotopic (exact) mass is 471 g/mol. The van der Waals surface area contributed by atoms with Crippen LogP contribution in [0.3, 0.4) is 0 Å². The van der Waals surface area contributed by atoms with E-state index >= 15 is 0 Å². The fourth-order valence-electron chi connectivity index (χ4n) is 5.05. The predicted octanol–water partition coefficient (Wildman–Crippen LogP) is 2.60. The number of aromatic nitrogens is 5. The number of aryl methyl sites for hydroxylation is 1. The number of piperazine rings is 1. The smallest absolute Gasteiger partial charge is 0.270 e. The number of nitrogens with zero attached hydrogens (tertiary/aromatic N) is 7. The molecule has 0 radical (unpaired) electrons. The first kappa shape index (κ1) is 21.9. The molecule has 0 amide bonds. The lowest BCUT2D eigenvalue weighted by molar-refractivity contribution is -0.799. The van der Waals surface area contributed by atoms with Crippen molar-refractivity contribution < 1.29 is 9.67 Å². The third-order valence-corrected chi connectivity index (χ3v) is 7.36.